The standard InChI is InChI=1S/C6H10FIO2/c1-3-5(7)6(9)4(2-8)10-3/h3-6,9H,2H2,1H3/t3-,4?,5+,6+/m0/s1. The average Bonchev–Trinajstić information content (AvgIpc) is 2.17. The number of halogens is 2. The van der Waals surface area contributed by atoms with Crippen LogP contribution in [-0.4, -0.2) is 34.0 Å². The minimum absolute atomic E-state index is 0.314. The molecule has 2 nitrogen and oxygen atoms in total. The number of hydrogen-bond acceptors (Lipinski definition) is 2. The maximum atomic E-state index is 12.8. The van der Waals surface area contributed by atoms with Crippen LogP contribution in [0.5, 0.6) is 0 Å². The Morgan fingerprint density at radius 3 is 2.50 bits per heavy atom. The van der Waals surface area contributed by atoms with Crippen LogP contribution in [0.4, 0.5) is 4.39 Å². The van der Waals surface area contributed by atoms with Gasteiger partial charge in [-0.3, -0.25) is 0 Å². The van der Waals surface area contributed by atoms with E-state index in [2.05, 4.69) is 22.6 Å². The molecule has 0 spiro atoms. The molecule has 0 radical (unpaired) electrons. The molecule has 0 aromatic heterocycles. The molecule has 0 aliphatic carbocycles. The summed E-state index contributed by atoms with van der Waals surface area (Å²) in [6, 6.07) is 0. The van der Waals surface area contributed by atoms with Crippen molar-refractivity contribution in [3.8, 4) is 0 Å². The Morgan fingerprint density at radius 2 is 2.30 bits per heavy atom. The van der Waals surface area contributed by atoms with Crippen LogP contribution in [-0.2, 0) is 4.74 Å². The van der Waals surface area contributed by atoms with Gasteiger partial charge in [-0.05, 0) is 6.92 Å². The summed E-state index contributed by atoms with van der Waals surface area (Å²) < 4.78 is 18.5. The van der Waals surface area contributed by atoms with E-state index >= 15 is 0 Å². The Balaban J connectivity index is 2.53. The summed E-state index contributed by atoms with van der Waals surface area (Å²) in [5.41, 5.74) is 0. The molecule has 4 atom stereocenters. The van der Waals surface area contributed by atoms with Crippen molar-refractivity contribution in [2.75, 3.05) is 4.43 Å². The van der Waals surface area contributed by atoms with E-state index in [4.69, 9.17) is 9.84 Å². The van der Waals surface area contributed by atoms with Crippen LogP contribution in [0.25, 0.3) is 0 Å². The van der Waals surface area contributed by atoms with E-state index in [-0.39, 0.29) is 6.10 Å². The van der Waals surface area contributed by atoms with E-state index in [0.717, 1.165) is 0 Å². The van der Waals surface area contributed by atoms with Gasteiger partial charge in [0.25, 0.3) is 0 Å². The lowest BCUT2D eigenvalue weighted by Crippen LogP contribution is -2.29. The van der Waals surface area contributed by atoms with Crippen LogP contribution in [0, 0.1) is 0 Å². The largest absolute Gasteiger partial charge is 0.387 e. The zero-order chi connectivity index (χ0) is 7.72. The SMILES string of the molecule is C[C@@H]1OC(CI)[C@@H](O)[C@@H]1F. The molecule has 1 aliphatic heterocycles. The van der Waals surface area contributed by atoms with Crippen molar-refractivity contribution in [3.63, 3.8) is 0 Å². The molecule has 0 aromatic carbocycles. The second-order valence-corrected chi connectivity index (χ2v) is 3.35. The van der Waals surface area contributed by atoms with Crippen molar-refractivity contribution in [1.29, 1.82) is 0 Å². The van der Waals surface area contributed by atoms with Crippen molar-refractivity contribution in [1.82, 2.24) is 0 Å². The van der Waals surface area contributed by atoms with Gasteiger partial charge >= 0.3 is 0 Å². The predicted molar refractivity (Wildman–Crippen MR) is 44.1 cm³/mol. The van der Waals surface area contributed by atoms with Crippen LogP contribution in [0.3, 0.4) is 0 Å². The summed E-state index contributed by atoms with van der Waals surface area (Å²) in [5, 5.41) is 9.12. The summed E-state index contributed by atoms with van der Waals surface area (Å²) in [4.78, 5) is 0. The minimum atomic E-state index is -1.21. The smallest absolute Gasteiger partial charge is 0.154 e. The maximum Gasteiger partial charge on any atom is 0.154 e. The lowest BCUT2D eigenvalue weighted by Gasteiger charge is -2.08. The monoisotopic (exact) mass is 260 g/mol. The molecule has 1 heterocycles. The zero-order valence-electron chi connectivity index (χ0n) is 5.63. The third-order valence-corrected chi connectivity index (χ3v) is 2.57. The summed E-state index contributed by atoms with van der Waals surface area (Å²) in [5.74, 6) is 0. The summed E-state index contributed by atoms with van der Waals surface area (Å²) in [6.07, 6.45) is -2.90. The van der Waals surface area contributed by atoms with Crippen LogP contribution >= 0.6 is 22.6 Å². The van der Waals surface area contributed by atoms with Gasteiger partial charge in [0.1, 0.15) is 6.10 Å². The first kappa shape index (κ1) is 8.67. The van der Waals surface area contributed by atoms with Crippen molar-refractivity contribution < 1.29 is 14.2 Å². The fraction of sp³-hybridized carbons (Fsp3) is 1.00. The van der Waals surface area contributed by atoms with E-state index in [1.807, 2.05) is 0 Å². The average molecular weight is 260 g/mol. The minimum Gasteiger partial charge on any atom is -0.387 e. The molecule has 1 N–H and O–H groups in total. The molecule has 1 saturated heterocycles. The van der Waals surface area contributed by atoms with E-state index in [1.165, 1.54) is 0 Å². The van der Waals surface area contributed by atoms with Gasteiger partial charge in [-0.2, -0.15) is 0 Å². The first-order valence-electron chi connectivity index (χ1n) is 3.20. The number of aliphatic hydroxyl groups excluding tert-OH is 1. The van der Waals surface area contributed by atoms with Crippen LogP contribution in [0.15, 0.2) is 0 Å². The highest BCUT2D eigenvalue weighted by atomic mass is 127. The van der Waals surface area contributed by atoms with Gasteiger partial charge in [0.2, 0.25) is 0 Å². The fourth-order valence-corrected chi connectivity index (χ4v) is 1.77. The topological polar surface area (TPSA) is 29.5 Å². The van der Waals surface area contributed by atoms with Gasteiger partial charge in [0, 0.05) is 4.43 Å². The van der Waals surface area contributed by atoms with E-state index < -0.39 is 18.4 Å². The second-order valence-electron chi connectivity index (χ2n) is 2.47. The number of ether oxygens (including phenoxy) is 1. The van der Waals surface area contributed by atoms with E-state index in [0.29, 0.717) is 4.43 Å². The molecule has 1 unspecified atom stereocenters. The number of rotatable bonds is 1. The van der Waals surface area contributed by atoms with Crippen molar-refractivity contribution in [3.05, 3.63) is 0 Å². The molecule has 0 saturated carbocycles. The van der Waals surface area contributed by atoms with E-state index in [9.17, 15) is 4.39 Å². The summed E-state index contributed by atoms with van der Waals surface area (Å²) in [6.45, 7) is 1.64. The molecule has 0 aromatic rings. The van der Waals surface area contributed by atoms with Gasteiger partial charge < -0.3 is 9.84 Å². The molecule has 1 rings (SSSR count). The third kappa shape index (κ3) is 1.43. The van der Waals surface area contributed by atoms with Crippen molar-refractivity contribution in [2.24, 2.45) is 0 Å². The molecular weight excluding hydrogens is 250 g/mol. The predicted octanol–water partition coefficient (Wildman–Crippen LogP) is 0.908. The normalized spacial score (nSPS) is 48.0. The first-order chi connectivity index (χ1) is 4.66. The molecule has 10 heavy (non-hydrogen) atoms. The van der Waals surface area contributed by atoms with Gasteiger partial charge in [0.05, 0.1) is 12.2 Å². The number of aliphatic hydroxyl groups is 1. The Labute approximate surface area is 72.9 Å². The molecule has 0 bridgehead atoms. The molecule has 1 fully saturated rings. The highest BCUT2D eigenvalue weighted by Crippen LogP contribution is 2.24. The lowest BCUT2D eigenvalue weighted by atomic mass is 10.1. The maximum absolute atomic E-state index is 12.8. The molecule has 4 heteroatoms. The van der Waals surface area contributed by atoms with Gasteiger partial charge in [0.15, 0.2) is 6.17 Å². The first-order valence-corrected chi connectivity index (χ1v) is 4.73. The Hall–Kier alpha value is 0.580. The summed E-state index contributed by atoms with van der Waals surface area (Å²) in [7, 11) is 0. The zero-order valence-corrected chi connectivity index (χ0v) is 7.79. The molecule has 1 aliphatic rings. The molecule has 0 amide bonds. The Morgan fingerprint density at radius 1 is 1.70 bits per heavy atom. The quantitative estimate of drug-likeness (QED) is 0.561. The number of hydrogen-bond donors (Lipinski definition) is 1. The van der Waals surface area contributed by atoms with Crippen molar-refractivity contribution >= 4 is 22.6 Å². The van der Waals surface area contributed by atoms with Crippen LogP contribution in [0.2, 0.25) is 0 Å². The molecule has 60 valence electrons. The van der Waals surface area contributed by atoms with Crippen molar-refractivity contribution in [2.45, 2.75) is 31.4 Å². The Kier molecular flexibility index (Phi) is 2.88. The number of alkyl halides is 2. The highest BCUT2D eigenvalue weighted by Gasteiger charge is 2.40. The van der Waals surface area contributed by atoms with Gasteiger partial charge in [-0.15, -0.1) is 0 Å². The van der Waals surface area contributed by atoms with Crippen LogP contribution in [0.1, 0.15) is 6.92 Å². The summed E-state index contributed by atoms with van der Waals surface area (Å²) >= 11 is 2.07. The lowest BCUT2D eigenvalue weighted by molar-refractivity contribution is 0.0335. The highest BCUT2D eigenvalue weighted by molar-refractivity contribution is 14.1. The Bertz CT molecular complexity index is 122. The van der Waals surface area contributed by atoms with Gasteiger partial charge in [-0.1, -0.05) is 22.6 Å². The van der Waals surface area contributed by atoms with E-state index in [1.54, 1.807) is 6.92 Å². The van der Waals surface area contributed by atoms with Crippen LogP contribution < -0.4 is 0 Å². The molecular formula is C6H10FIO2. The second kappa shape index (κ2) is 3.32. The van der Waals surface area contributed by atoms with Gasteiger partial charge in [-0.25, -0.2) is 4.39 Å². The third-order valence-electron chi connectivity index (χ3n) is 1.70. The fourth-order valence-electron chi connectivity index (χ4n) is 1.04.